The smallest absolute Gasteiger partial charge is 0.269 e. The standard InChI is InChI=1S/C18H17BrN6O3/c19-14-4-6-15(7-5-14)24-18(20-21-22-24)17(23-8-10-28-11-9-23)13-2-1-3-16(12-13)25(26)27/h1-7,12,17H,8-11H2/t17-/m1/s1. The van der Waals surface area contributed by atoms with Crippen molar-refractivity contribution in [2.24, 2.45) is 0 Å². The van der Waals surface area contributed by atoms with Gasteiger partial charge in [-0.2, -0.15) is 4.68 Å². The summed E-state index contributed by atoms with van der Waals surface area (Å²) in [6.45, 7) is 2.54. The Labute approximate surface area is 169 Å². The van der Waals surface area contributed by atoms with Gasteiger partial charge in [0, 0.05) is 29.7 Å². The molecule has 2 aromatic carbocycles. The maximum atomic E-state index is 11.3. The highest BCUT2D eigenvalue weighted by Crippen LogP contribution is 2.31. The maximum absolute atomic E-state index is 11.3. The van der Waals surface area contributed by atoms with Crippen LogP contribution in [0.4, 0.5) is 5.69 Å². The van der Waals surface area contributed by atoms with Gasteiger partial charge in [-0.15, -0.1) is 5.10 Å². The zero-order valence-corrected chi connectivity index (χ0v) is 16.4. The summed E-state index contributed by atoms with van der Waals surface area (Å²) in [6.07, 6.45) is 0. The molecule has 0 spiro atoms. The Balaban J connectivity index is 1.81. The molecule has 0 saturated carbocycles. The number of hydrogen-bond acceptors (Lipinski definition) is 7. The lowest BCUT2D eigenvalue weighted by Gasteiger charge is -2.33. The number of rotatable bonds is 5. The largest absolute Gasteiger partial charge is 0.379 e. The maximum Gasteiger partial charge on any atom is 0.269 e. The molecule has 0 radical (unpaired) electrons. The van der Waals surface area contributed by atoms with Gasteiger partial charge in [0.05, 0.1) is 29.9 Å². The molecule has 1 aliphatic heterocycles. The van der Waals surface area contributed by atoms with Gasteiger partial charge in [-0.25, -0.2) is 0 Å². The Morgan fingerprint density at radius 3 is 2.61 bits per heavy atom. The van der Waals surface area contributed by atoms with Crippen LogP contribution in [0.5, 0.6) is 0 Å². The molecular weight excluding hydrogens is 428 g/mol. The minimum Gasteiger partial charge on any atom is -0.379 e. The molecule has 1 aromatic heterocycles. The van der Waals surface area contributed by atoms with E-state index in [9.17, 15) is 10.1 Å². The van der Waals surface area contributed by atoms with Gasteiger partial charge in [-0.3, -0.25) is 15.0 Å². The highest BCUT2D eigenvalue weighted by atomic mass is 79.9. The molecule has 0 N–H and O–H groups in total. The van der Waals surface area contributed by atoms with E-state index < -0.39 is 4.92 Å². The van der Waals surface area contributed by atoms with Gasteiger partial charge < -0.3 is 4.74 Å². The van der Waals surface area contributed by atoms with E-state index in [1.165, 1.54) is 6.07 Å². The van der Waals surface area contributed by atoms with Crippen molar-refractivity contribution >= 4 is 21.6 Å². The van der Waals surface area contributed by atoms with Crippen LogP contribution in [0.1, 0.15) is 17.4 Å². The number of ether oxygens (including phenoxy) is 1. The molecule has 28 heavy (non-hydrogen) atoms. The van der Waals surface area contributed by atoms with Crippen molar-refractivity contribution in [2.45, 2.75) is 6.04 Å². The number of tetrazole rings is 1. The van der Waals surface area contributed by atoms with Crippen molar-refractivity contribution < 1.29 is 9.66 Å². The highest BCUT2D eigenvalue weighted by molar-refractivity contribution is 9.10. The Hall–Kier alpha value is -2.69. The molecule has 1 aliphatic rings. The molecule has 144 valence electrons. The lowest BCUT2D eigenvalue weighted by molar-refractivity contribution is -0.384. The zero-order valence-electron chi connectivity index (χ0n) is 14.8. The Kier molecular flexibility index (Phi) is 5.42. The van der Waals surface area contributed by atoms with E-state index in [-0.39, 0.29) is 11.7 Å². The molecule has 0 unspecified atom stereocenters. The third kappa shape index (κ3) is 3.79. The average Bonchev–Trinajstić information content (AvgIpc) is 3.19. The summed E-state index contributed by atoms with van der Waals surface area (Å²) < 4.78 is 8.10. The second kappa shape index (κ2) is 8.13. The van der Waals surface area contributed by atoms with Crippen molar-refractivity contribution in [2.75, 3.05) is 26.3 Å². The molecule has 1 saturated heterocycles. The number of morpholine rings is 1. The normalized spacial score (nSPS) is 16.0. The second-order valence-corrected chi connectivity index (χ2v) is 7.24. The summed E-state index contributed by atoms with van der Waals surface area (Å²) in [4.78, 5) is 13.1. The van der Waals surface area contributed by atoms with E-state index in [1.807, 2.05) is 30.3 Å². The van der Waals surface area contributed by atoms with E-state index in [1.54, 1.807) is 16.8 Å². The molecule has 0 aliphatic carbocycles. The van der Waals surface area contributed by atoms with Crippen LogP contribution in [-0.4, -0.2) is 56.3 Å². The van der Waals surface area contributed by atoms with Gasteiger partial charge in [-0.05, 0) is 40.3 Å². The molecule has 3 aromatic rings. The third-order valence-corrected chi connectivity index (χ3v) is 5.15. The highest BCUT2D eigenvalue weighted by Gasteiger charge is 2.30. The fourth-order valence-corrected chi connectivity index (χ4v) is 3.56. The molecule has 0 amide bonds. The van der Waals surface area contributed by atoms with E-state index >= 15 is 0 Å². The zero-order chi connectivity index (χ0) is 19.5. The monoisotopic (exact) mass is 444 g/mol. The molecule has 9 nitrogen and oxygen atoms in total. The summed E-state index contributed by atoms with van der Waals surface area (Å²) in [5.41, 5.74) is 1.62. The van der Waals surface area contributed by atoms with Crippen molar-refractivity contribution in [3.05, 3.63) is 74.5 Å². The van der Waals surface area contributed by atoms with E-state index in [0.717, 1.165) is 15.7 Å². The van der Waals surface area contributed by atoms with Gasteiger partial charge in [0.1, 0.15) is 0 Å². The average molecular weight is 445 g/mol. The Morgan fingerprint density at radius 2 is 1.89 bits per heavy atom. The summed E-state index contributed by atoms with van der Waals surface area (Å²) in [5, 5.41) is 23.6. The van der Waals surface area contributed by atoms with E-state index in [2.05, 4.69) is 36.4 Å². The molecule has 2 heterocycles. The van der Waals surface area contributed by atoms with Crippen LogP contribution in [0.2, 0.25) is 0 Å². The van der Waals surface area contributed by atoms with Gasteiger partial charge in [-0.1, -0.05) is 28.1 Å². The summed E-state index contributed by atoms with van der Waals surface area (Å²) >= 11 is 3.43. The first kappa shape index (κ1) is 18.7. The number of aromatic nitrogens is 4. The first-order valence-electron chi connectivity index (χ1n) is 8.74. The predicted molar refractivity (Wildman–Crippen MR) is 104 cm³/mol. The Bertz CT molecular complexity index is 971. The van der Waals surface area contributed by atoms with Crippen molar-refractivity contribution in [3.8, 4) is 5.69 Å². The number of halogens is 1. The van der Waals surface area contributed by atoms with Crippen molar-refractivity contribution in [1.82, 2.24) is 25.1 Å². The van der Waals surface area contributed by atoms with Gasteiger partial charge in [0.15, 0.2) is 5.82 Å². The van der Waals surface area contributed by atoms with Gasteiger partial charge in [0.2, 0.25) is 0 Å². The minimum atomic E-state index is -0.391. The van der Waals surface area contributed by atoms with Crippen LogP contribution in [0.25, 0.3) is 5.69 Å². The van der Waals surface area contributed by atoms with Gasteiger partial charge >= 0.3 is 0 Å². The predicted octanol–water partition coefficient (Wildman–Crippen LogP) is 2.75. The van der Waals surface area contributed by atoms with Crippen LogP contribution in [0.3, 0.4) is 0 Å². The van der Waals surface area contributed by atoms with Gasteiger partial charge in [0.25, 0.3) is 5.69 Å². The molecule has 10 heteroatoms. The number of non-ortho nitro benzene ring substituents is 1. The second-order valence-electron chi connectivity index (χ2n) is 6.33. The number of nitrogens with zero attached hydrogens (tertiary/aromatic N) is 6. The lowest BCUT2D eigenvalue weighted by Crippen LogP contribution is -2.40. The van der Waals surface area contributed by atoms with E-state index in [0.29, 0.717) is 32.1 Å². The molecule has 0 bridgehead atoms. The Morgan fingerprint density at radius 1 is 1.14 bits per heavy atom. The summed E-state index contributed by atoms with van der Waals surface area (Å²) in [6, 6.07) is 13.9. The number of nitro benzene ring substituents is 1. The quantitative estimate of drug-likeness (QED) is 0.440. The SMILES string of the molecule is O=[N+]([O-])c1cccc([C@H](c2nnnn2-c2ccc(Br)cc2)N2CCOCC2)c1. The van der Waals surface area contributed by atoms with Crippen LogP contribution in [0, 0.1) is 10.1 Å². The summed E-state index contributed by atoms with van der Waals surface area (Å²) in [5.74, 6) is 0.602. The topological polar surface area (TPSA) is 99.2 Å². The minimum absolute atomic E-state index is 0.0402. The fraction of sp³-hybridized carbons (Fsp3) is 0.278. The van der Waals surface area contributed by atoms with Crippen LogP contribution >= 0.6 is 15.9 Å². The van der Waals surface area contributed by atoms with E-state index in [4.69, 9.17) is 4.74 Å². The molecule has 1 fully saturated rings. The molecular formula is C18H17BrN6O3. The van der Waals surface area contributed by atoms with Crippen LogP contribution < -0.4 is 0 Å². The van der Waals surface area contributed by atoms with Crippen molar-refractivity contribution in [1.29, 1.82) is 0 Å². The number of nitro groups is 1. The van der Waals surface area contributed by atoms with Crippen molar-refractivity contribution in [3.63, 3.8) is 0 Å². The number of hydrogen-bond donors (Lipinski definition) is 0. The molecule has 4 rings (SSSR count). The first-order valence-corrected chi connectivity index (χ1v) is 9.53. The molecule has 1 atom stereocenters. The first-order chi connectivity index (χ1) is 13.6. The lowest BCUT2D eigenvalue weighted by atomic mass is 10.0. The fourth-order valence-electron chi connectivity index (χ4n) is 3.30. The van der Waals surface area contributed by atoms with Crippen LogP contribution in [0.15, 0.2) is 53.0 Å². The number of benzene rings is 2. The van der Waals surface area contributed by atoms with Crippen LogP contribution in [-0.2, 0) is 4.74 Å². The summed E-state index contributed by atoms with van der Waals surface area (Å²) in [7, 11) is 0. The third-order valence-electron chi connectivity index (χ3n) is 4.62.